The summed E-state index contributed by atoms with van der Waals surface area (Å²) in [5, 5.41) is 0.976. The molecule has 1 aromatic carbocycles. The van der Waals surface area contributed by atoms with Crippen LogP contribution in [0, 0.1) is 6.20 Å². The van der Waals surface area contributed by atoms with Crippen LogP contribution in [-0.4, -0.2) is 9.97 Å². The molecule has 2 nitrogen and oxygen atoms in total. The summed E-state index contributed by atoms with van der Waals surface area (Å²) in [7, 11) is 0. The van der Waals surface area contributed by atoms with Crippen molar-refractivity contribution in [2.24, 2.45) is 0 Å². The van der Waals surface area contributed by atoms with Crippen molar-refractivity contribution in [3.63, 3.8) is 0 Å². The Hall–Kier alpha value is -1.74. The molecule has 71 valence electrons. The third-order valence-electron chi connectivity index (χ3n) is 2.13. The first-order valence-electron chi connectivity index (χ1n) is 4.62. The van der Waals surface area contributed by atoms with Gasteiger partial charge in [-0.2, -0.15) is 0 Å². The largest absolute Gasteiger partial charge is 0.254 e. The molecule has 0 aliphatic heterocycles. The number of hydrogen-bond donors (Lipinski definition) is 0. The predicted octanol–water partition coefficient (Wildman–Crippen LogP) is 3.16. The minimum absolute atomic E-state index is 0.957. The van der Waals surface area contributed by atoms with Crippen molar-refractivity contribution in [2.45, 2.75) is 0 Å². The van der Waals surface area contributed by atoms with Gasteiger partial charge in [0.05, 0.1) is 16.4 Å². The Kier molecular flexibility index (Phi) is 1.96. The average Bonchev–Trinajstić information content (AvgIpc) is 2.74. The third-order valence-corrected chi connectivity index (χ3v) is 3.20. The lowest BCUT2D eigenvalue weighted by atomic mass is 10.3. The molecular weight excluding hydrogens is 204 g/mol. The van der Waals surface area contributed by atoms with Gasteiger partial charge in [-0.1, -0.05) is 12.1 Å². The van der Waals surface area contributed by atoms with E-state index in [1.807, 2.05) is 30.3 Å². The molecule has 0 fully saturated rings. The zero-order chi connectivity index (χ0) is 10.1. The first kappa shape index (κ1) is 8.56. The maximum Gasteiger partial charge on any atom is 0.126 e. The molecule has 3 aromatic rings. The molecule has 1 radical (unpaired) electrons. The van der Waals surface area contributed by atoms with Crippen molar-refractivity contribution in [2.75, 3.05) is 0 Å². The summed E-state index contributed by atoms with van der Waals surface area (Å²) in [5.74, 6) is 0. The fraction of sp³-hybridized carbons (Fsp3) is 0. The van der Waals surface area contributed by atoms with Crippen molar-refractivity contribution in [1.82, 2.24) is 9.97 Å². The van der Waals surface area contributed by atoms with Crippen LogP contribution in [0.2, 0.25) is 0 Å². The predicted molar refractivity (Wildman–Crippen MR) is 61.7 cm³/mol. The highest BCUT2D eigenvalue weighted by Crippen LogP contribution is 2.28. The van der Waals surface area contributed by atoms with Crippen molar-refractivity contribution in [3.8, 4) is 10.6 Å². The molecule has 0 atom stereocenters. The van der Waals surface area contributed by atoms with E-state index in [9.17, 15) is 0 Å². The Morgan fingerprint density at radius 2 is 2.00 bits per heavy atom. The highest BCUT2D eigenvalue weighted by atomic mass is 32.1. The van der Waals surface area contributed by atoms with E-state index in [0.29, 0.717) is 0 Å². The molecule has 0 saturated carbocycles. The molecule has 2 aromatic heterocycles. The van der Waals surface area contributed by atoms with E-state index in [4.69, 9.17) is 0 Å². The van der Waals surface area contributed by atoms with Crippen molar-refractivity contribution in [1.29, 1.82) is 0 Å². The second-order valence-electron chi connectivity index (χ2n) is 3.15. The fourth-order valence-corrected chi connectivity index (χ4v) is 2.37. The zero-order valence-corrected chi connectivity index (χ0v) is 8.66. The molecule has 2 heterocycles. The second kappa shape index (κ2) is 3.44. The van der Waals surface area contributed by atoms with Gasteiger partial charge in [-0.3, -0.25) is 4.98 Å². The SMILES string of the molecule is [c]1ncccc1-c1nc2ccccc2s1. The van der Waals surface area contributed by atoms with E-state index in [1.54, 1.807) is 17.5 Å². The topological polar surface area (TPSA) is 25.8 Å². The molecular formula is C12H7N2S. The summed E-state index contributed by atoms with van der Waals surface area (Å²) in [5.41, 5.74) is 1.99. The summed E-state index contributed by atoms with van der Waals surface area (Å²) >= 11 is 1.67. The second-order valence-corrected chi connectivity index (χ2v) is 4.18. The zero-order valence-electron chi connectivity index (χ0n) is 7.84. The summed E-state index contributed by atoms with van der Waals surface area (Å²) in [6, 6.07) is 12.0. The van der Waals surface area contributed by atoms with E-state index < -0.39 is 0 Å². The van der Waals surface area contributed by atoms with Crippen LogP contribution in [0.4, 0.5) is 0 Å². The van der Waals surface area contributed by atoms with Gasteiger partial charge in [0.1, 0.15) is 5.01 Å². The molecule has 0 spiro atoms. The molecule has 0 aliphatic carbocycles. The summed E-state index contributed by atoms with van der Waals surface area (Å²) in [6.45, 7) is 0. The number of pyridine rings is 1. The Morgan fingerprint density at radius 3 is 2.80 bits per heavy atom. The van der Waals surface area contributed by atoms with Gasteiger partial charge in [-0.25, -0.2) is 4.98 Å². The minimum Gasteiger partial charge on any atom is -0.254 e. The first-order valence-corrected chi connectivity index (χ1v) is 5.44. The number of rotatable bonds is 1. The molecule has 0 N–H and O–H groups in total. The van der Waals surface area contributed by atoms with Crippen molar-refractivity contribution < 1.29 is 0 Å². The summed E-state index contributed by atoms with van der Waals surface area (Å²) < 4.78 is 1.20. The molecule has 3 heteroatoms. The Morgan fingerprint density at radius 1 is 1.07 bits per heavy atom. The van der Waals surface area contributed by atoms with Crippen LogP contribution in [-0.2, 0) is 0 Å². The smallest absolute Gasteiger partial charge is 0.126 e. The van der Waals surface area contributed by atoms with Gasteiger partial charge >= 0.3 is 0 Å². The lowest BCUT2D eigenvalue weighted by molar-refractivity contribution is 1.30. The van der Waals surface area contributed by atoms with Crippen LogP contribution in [0.5, 0.6) is 0 Å². The molecule has 0 saturated heterocycles. The maximum atomic E-state index is 4.53. The highest BCUT2D eigenvalue weighted by molar-refractivity contribution is 7.21. The maximum absolute atomic E-state index is 4.53. The van der Waals surface area contributed by atoms with Crippen LogP contribution in [0.25, 0.3) is 20.8 Å². The van der Waals surface area contributed by atoms with Gasteiger partial charge in [0.25, 0.3) is 0 Å². The number of aromatic nitrogens is 2. The van der Waals surface area contributed by atoms with Crippen LogP contribution in [0.1, 0.15) is 0 Å². The Bertz CT molecular complexity index is 554. The van der Waals surface area contributed by atoms with Gasteiger partial charge in [-0.15, -0.1) is 11.3 Å². The normalized spacial score (nSPS) is 10.7. The van der Waals surface area contributed by atoms with Gasteiger partial charge in [0.15, 0.2) is 0 Å². The standard InChI is InChI=1S/C12H7N2S/c1-2-6-11-10(5-1)14-12(15-11)9-4-3-7-13-8-9/h1-7H. The van der Waals surface area contributed by atoms with Crippen LogP contribution in [0.15, 0.2) is 42.6 Å². The molecule has 15 heavy (non-hydrogen) atoms. The number of nitrogens with zero attached hydrogens (tertiary/aromatic N) is 2. The van der Waals surface area contributed by atoms with E-state index in [0.717, 1.165) is 16.1 Å². The third kappa shape index (κ3) is 1.51. The lowest BCUT2D eigenvalue weighted by Crippen LogP contribution is -1.77. The molecule has 3 rings (SSSR count). The van der Waals surface area contributed by atoms with Crippen LogP contribution in [0.3, 0.4) is 0 Å². The molecule has 0 amide bonds. The number of fused-ring (bicyclic) bond motifs is 1. The van der Waals surface area contributed by atoms with Gasteiger partial charge < -0.3 is 0 Å². The highest BCUT2D eigenvalue weighted by Gasteiger charge is 2.04. The lowest BCUT2D eigenvalue weighted by Gasteiger charge is -1.90. The molecule has 0 unspecified atom stereocenters. The van der Waals surface area contributed by atoms with Gasteiger partial charge in [0, 0.05) is 11.8 Å². The fourth-order valence-electron chi connectivity index (χ4n) is 1.43. The average molecular weight is 211 g/mol. The quantitative estimate of drug-likeness (QED) is 0.618. The molecule has 0 bridgehead atoms. The monoisotopic (exact) mass is 211 g/mol. The van der Waals surface area contributed by atoms with Crippen molar-refractivity contribution >= 4 is 21.6 Å². The first-order chi connectivity index (χ1) is 7.43. The summed E-state index contributed by atoms with van der Waals surface area (Å²) in [4.78, 5) is 8.50. The number of para-hydroxylation sites is 1. The Balaban J connectivity index is 2.21. The number of hydrogen-bond acceptors (Lipinski definition) is 3. The molecule has 0 aliphatic rings. The number of benzene rings is 1. The van der Waals surface area contributed by atoms with E-state index in [1.165, 1.54) is 4.70 Å². The van der Waals surface area contributed by atoms with E-state index in [-0.39, 0.29) is 0 Å². The van der Waals surface area contributed by atoms with E-state index in [2.05, 4.69) is 22.2 Å². The van der Waals surface area contributed by atoms with Gasteiger partial charge in [0.2, 0.25) is 0 Å². The summed E-state index contributed by atoms with van der Waals surface area (Å²) in [6.07, 6.45) is 4.66. The van der Waals surface area contributed by atoms with Crippen LogP contribution < -0.4 is 0 Å². The Labute approximate surface area is 91.2 Å². The van der Waals surface area contributed by atoms with Gasteiger partial charge in [-0.05, 0) is 24.3 Å². The van der Waals surface area contributed by atoms with Crippen LogP contribution >= 0.6 is 11.3 Å². The minimum atomic E-state index is 0.957. The number of thiazole rings is 1. The van der Waals surface area contributed by atoms with Crippen molar-refractivity contribution in [3.05, 3.63) is 48.8 Å². The van der Waals surface area contributed by atoms with E-state index >= 15 is 0 Å².